The largest absolute Gasteiger partial charge is 0.305 e. The number of thioether (sulfide) groups is 2. The topological polar surface area (TPSA) is 20.3 Å². The standard InChI is InChI=1S/C19H19NOS2/c1-13-12-16-4-2-3-5-17(16)20(13)18(21)14-6-8-15(9-7-14)19-22-10-11-23-19/h2-9,13,19H,10-12H2,1H3. The second-order valence-corrected chi connectivity index (χ2v) is 8.78. The van der Waals surface area contributed by atoms with E-state index in [-0.39, 0.29) is 11.9 Å². The normalized spacial score (nSPS) is 20.7. The van der Waals surface area contributed by atoms with Gasteiger partial charge in [0.2, 0.25) is 0 Å². The van der Waals surface area contributed by atoms with Gasteiger partial charge in [0.15, 0.2) is 0 Å². The van der Waals surface area contributed by atoms with Gasteiger partial charge in [-0.15, -0.1) is 23.5 Å². The number of fused-ring (bicyclic) bond motifs is 1. The fraction of sp³-hybridized carbons (Fsp3) is 0.316. The summed E-state index contributed by atoms with van der Waals surface area (Å²) in [5.41, 5.74) is 4.44. The molecular weight excluding hydrogens is 322 g/mol. The summed E-state index contributed by atoms with van der Waals surface area (Å²) in [7, 11) is 0. The van der Waals surface area contributed by atoms with E-state index in [0.717, 1.165) is 17.7 Å². The van der Waals surface area contributed by atoms with Crippen molar-refractivity contribution in [2.75, 3.05) is 16.4 Å². The fourth-order valence-electron chi connectivity index (χ4n) is 3.35. The Bertz CT molecular complexity index is 722. The Balaban J connectivity index is 1.59. The van der Waals surface area contributed by atoms with E-state index in [2.05, 4.69) is 31.2 Å². The zero-order chi connectivity index (χ0) is 15.8. The van der Waals surface area contributed by atoms with E-state index in [9.17, 15) is 4.79 Å². The number of para-hydroxylation sites is 1. The maximum atomic E-state index is 13.0. The second kappa shape index (κ2) is 6.25. The molecule has 4 heteroatoms. The van der Waals surface area contributed by atoms with Crippen LogP contribution in [0.15, 0.2) is 48.5 Å². The molecule has 0 radical (unpaired) electrons. The minimum Gasteiger partial charge on any atom is -0.305 e. The van der Waals surface area contributed by atoms with Crippen LogP contribution in [0.5, 0.6) is 0 Å². The van der Waals surface area contributed by atoms with Crippen LogP contribution in [0.1, 0.15) is 33.0 Å². The van der Waals surface area contributed by atoms with E-state index in [1.165, 1.54) is 22.6 Å². The van der Waals surface area contributed by atoms with Crippen molar-refractivity contribution < 1.29 is 4.79 Å². The van der Waals surface area contributed by atoms with E-state index < -0.39 is 0 Å². The monoisotopic (exact) mass is 341 g/mol. The average molecular weight is 342 g/mol. The molecule has 0 spiro atoms. The molecule has 1 atom stereocenters. The van der Waals surface area contributed by atoms with Crippen molar-refractivity contribution in [1.29, 1.82) is 0 Å². The molecule has 0 bridgehead atoms. The van der Waals surface area contributed by atoms with Crippen molar-refractivity contribution >= 4 is 35.1 Å². The molecule has 1 amide bonds. The zero-order valence-electron chi connectivity index (χ0n) is 13.1. The Kier molecular flexibility index (Phi) is 4.12. The van der Waals surface area contributed by atoms with Gasteiger partial charge in [0.05, 0.1) is 4.58 Å². The summed E-state index contributed by atoms with van der Waals surface area (Å²) in [6, 6.07) is 16.7. The number of carbonyl (C=O) groups excluding carboxylic acids is 1. The predicted octanol–water partition coefficient (Wildman–Crippen LogP) is 4.76. The summed E-state index contributed by atoms with van der Waals surface area (Å²) in [6.07, 6.45) is 0.940. The van der Waals surface area contributed by atoms with Gasteiger partial charge in [0.25, 0.3) is 5.91 Å². The first-order valence-electron chi connectivity index (χ1n) is 7.98. The van der Waals surface area contributed by atoms with Crippen LogP contribution in [0.4, 0.5) is 5.69 Å². The molecule has 4 rings (SSSR count). The minimum absolute atomic E-state index is 0.112. The fourth-order valence-corrected chi connectivity index (χ4v) is 6.21. The molecule has 118 valence electrons. The van der Waals surface area contributed by atoms with Gasteiger partial charge in [-0.25, -0.2) is 0 Å². The van der Waals surface area contributed by atoms with Crippen LogP contribution in [0, 0.1) is 0 Å². The molecule has 2 nitrogen and oxygen atoms in total. The number of rotatable bonds is 2. The molecule has 0 aliphatic carbocycles. The van der Waals surface area contributed by atoms with Crippen molar-refractivity contribution in [1.82, 2.24) is 0 Å². The van der Waals surface area contributed by atoms with E-state index in [4.69, 9.17) is 0 Å². The van der Waals surface area contributed by atoms with Crippen molar-refractivity contribution in [2.45, 2.75) is 24.0 Å². The van der Waals surface area contributed by atoms with Crippen LogP contribution in [0.3, 0.4) is 0 Å². The maximum Gasteiger partial charge on any atom is 0.258 e. The lowest BCUT2D eigenvalue weighted by Crippen LogP contribution is -2.35. The van der Waals surface area contributed by atoms with Gasteiger partial charge in [-0.1, -0.05) is 30.3 Å². The Morgan fingerprint density at radius 1 is 1.04 bits per heavy atom. The van der Waals surface area contributed by atoms with Gasteiger partial charge in [-0.2, -0.15) is 0 Å². The molecule has 2 aliphatic rings. The highest BCUT2D eigenvalue weighted by molar-refractivity contribution is 8.19. The Hall–Kier alpha value is -1.39. The van der Waals surface area contributed by atoms with Gasteiger partial charge in [0.1, 0.15) is 0 Å². The van der Waals surface area contributed by atoms with Crippen molar-refractivity contribution in [3.8, 4) is 0 Å². The third kappa shape index (κ3) is 2.79. The lowest BCUT2D eigenvalue weighted by atomic mass is 10.1. The van der Waals surface area contributed by atoms with Crippen LogP contribution in [0.25, 0.3) is 0 Å². The predicted molar refractivity (Wildman–Crippen MR) is 101 cm³/mol. The first kappa shape index (κ1) is 15.2. The van der Waals surface area contributed by atoms with Crippen LogP contribution in [0.2, 0.25) is 0 Å². The summed E-state index contributed by atoms with van der Waals surface area (Å²) < 4.78 is 0.533. The summed E-state index contributed by atoms with van der Waals surface area (Å²) in [5, 5.41) is 0. The number of hydrogen-bond donors (Lipinski definition) is 0. The maximum absolute atomic E-state index is 13.0. The lowest BCUT2D eigenvalue weighted by Gasteiger charge is -2.23. The van der Waals surface area contributed by atoms with E-state index in [1.807, 2.05) is 52.7 Å². The van der Waals surface area contributed by atoms with Crippen LogP contribution in [-0.2, 0) is 6.42 Å². The first-order chi connectivity index (χ1) is 11.2. The average Bonchev–Trinajstić information content (AvgIpc) is 3.21. The highest BCUT2D eigenvalue weighted by Gasteiger charge is 2.31. The number of anilines is 1. The van der Waals surface area contributed by atoms with E-state index in [0.29, 0.717) is 4.58 Å². The Morgan fingerprint density at radius 2 is 1.74 bits per heavy atom. The third-order valence-corrected chi connectivity index (χ3v) is 7.58. The van der Waals surface area contributed by atoms with Gasteiger partial charge in [-0.3, -0.25) is 4.79 Å². The van der Waals surface area contributed by atoms with Crippen molar-refractivity contribution in [3.63, 3.8) is 0 Å². The number of benzene rings is 2. The van der Waals surface area contributed by atoms with Gasteiger partial charge < -0.3 is 4.90 Å². The number of nitrogens with zero attached hydrogens (tertiary/aromatic N) is 1. The minimum atomic E-state index is 0.112. The molecule has 23 heavy (non-hydrogen) atoms. The summed E-state index contributed by atoms with van der Waals surface area (Å²) in [6.45, 7) is 2.12. The van der Waals surface area contributed by atoms with Gasteiger partial charge in [0, 0.05) is 28.8 Å². The molecular formula is C19H19NOS2. The molecule has 2 aromatic rings. The van der Waals surface area contributed by atoms with Crippen LogP contribution in [-0.4, -0.2) is 23.5 Å². The number of amides is 1. The Morgan fingerprint density at radius 3 is 2.48 bits per heavy atom. The molecule has 1 unspecified atom stereocenters. The summed E-state index contributed by atoms with van der Waals surface area (Å²) in [5.74, 6) is 2.55. The molecule has 0 saturated carbocycles. The zero-order valence-corrected chi connectivity index (χ0v) is 14.7. The quantitative estimate of drug-likeness (QED) is 0.786. The van der Waals surface area contributed by atoms with E-state index in [1.54, 1.807) is 0 Å². The number of hydrogen-bond acceptors (Lipinski definition) is 3. The van der Waals surface area contributed by atoms with Crippen molar-refractivity contribution in [2.24, 2.45) is 0 Å². The van der Waals surface area contributed by atoms with Crippen LogP contribution < -0.4 is 4.90 Å². The second-order valence-electron chi connectivity index (χ2n) is 6.05. The smallest absolute Gasteiger partial charge is 0.258 e. The first-order valence-corrected chi connectivity index (χ1v) is 10.1. The highest BCUT2D eigenvalue weighted by atomic mass is 32.2. The highest BCUT2D eigenvalue weighted by Crippen LogP contribution is 2.45. The molecule has 0 N–H and O–H groups in total. The van der Waals surface area contributed by atoms with Gasteiger partial charge >= 0.3 is 0 Å². The number of carbonyl (C=O) groups is 1. The lowest BCUT2D eigenvalue weighted by molar-refractivity contribution is 0.0981. The van der Waals surface area contributed by atoms with Crippen molar-refractivity contribution in [3.05, 3.63) is 65.2 Å². The van der Waals surface area contributed by atoms with Crippen LogP contribution >= 0.6 is 23.5 Å². The van der Waals surface area contributed by atoms with Gasteiger partial charge in [-0.05, 0) is 42.7 Å². The third-order valence-electron chi connectivity index (χ3n) is 4.48. The molecule has 2 aliphatic heterocycles. The summed E-state index contributed by atoms with van der Waals surface area (Å²) in [4.78, 5) is 14.9. The summed E-state index contributed by atoms with van der Waals surface area (Å²) >= 11 is 3.99. The molecule has 2 aromatic carbocycles. The molecule has 1 saturated heterocycles. The SMILES string of the molecule is CC1Cc2ccccc2N1C(=O)c1ccc(C2SCCS2)cc1. The molecule has 2 heterocycles. The molecule has 1 fully saturated rings. The van der Waals surface area contributed by atoms with E-state index >= 15 is 0 Å². The Labute approximate surface area is 145 Å². The molecule has 0 aromatic heterocycles.